The van der Waals surface area contributed by atoms with Gasteiger partial charge in [-0.2, -0.15) is 5.10 Å². The monoisotopic (exact) mass is 423 g/mol. The van der Waals surface area contributed by atoms with Gasteiger partial charge in [0, 0.05) is 38.8 Å². The SMILES string of the molecule is CN(C)c1cccc(OCC(=O)N2CCC[C@@H]2c2n[nH]c(Cc3ccc(F)cc3)n2)c1. The minimum absolute atomic E-state index is 0.0275. The van der Waals surface area contributed by atoms with Crippen LogP contribution in [0.15, 0.2) is 48.5 Å². The Kier molecular flexibility index (Phi) is 6.16. The van der Waals surface area contributed by atoms with E-state index < -0.39 is 0 Å². The number of halogens is 1. The van der Waals surface area contributed by atoms with E-state index in [1.54, 1.807) is 17.0 Å². The Morgan fingerprint density at radius 3 is 2.84 bits per heavy atom. The highest BCUT2D eigenvalue weighted by molar-refractivity contribution is 5.78. The van der Waals surface area contributed by atoms with Gasteiger partial charge in [0.1, 0.15) is 17.4 Å². The predicted octanol–water partition coefficient (Wildman–Crippen LogP) is 3.34. The molecule has 162 valence electrons. The van der Waals surface area contributed by atoms with Gasteiger partial charge in [-0.25, -0.2) is 9.37 Å². The Morgan fingerprint density at radius 1 is 1.26 bits per heavy atom. The zero-order chi connectivity index (χ0) is 21.8. The molecule has 0 saturated carbocycles. The average Bonchev–Trinajstić information content (AvgIpc) is 3.43. The largest absolute Gasteiger partial charge is 0.484 e. The second kappa shape index (κ2) is 9.16. The number of aromatic nitrogens is 3. The number of amides is 1. The van der Waals surface area contributed by atoms with Crippen molar-refractivity contribution in [1.82, 2.24) is 20.1 Å². The first-order chi connectivity index (χ1) is 15.0. The maximum Gasteiger partial charge on any atom is 0.261 e. The number of benzene rings is 2. The van der Waals surface area contributed by atoms with Crippen molar-refractivity contribution in [3.8, 4) is 5.75 Å². The molecule has 0 aliphatic carbocycles. The number of carbonyl (C=O) groups excluding carboxylic acids is 1. The first-order valence-electron chi connectivity index (χ1n) is 10.3. The normalized spacial score (nSPS) is 15.8. The molecule has 0 unspecified atom stereocenters. The number of H-pyrrole nitrogens is 1. The van der Waals surface area contributed by atoms with Crippen molar-refractivity contribution in [2.45, 2.75) is 25.3 Å². The molecule has 1 aromatic heterocycles. The van der Waals surface area contributed by atoms with Gasteiger partial charge in [-0.05, 0) is 42.7 Å². The molecule has 4 rings (SSSR count). The first kappa shape index (κ1) is 20.8. The number of anilines is 1. The van der Waals surface area contributed by atoms with Crippen LogP contribution in [-0.4, -0.2) is 53.2 Å². The topological polar surface area (TPSA) is 74.3 Å². The maximum absolute atomic E-state index is 13.1. The number of ether oxygens (including phenoxy) is 1. The fourth-order valence-electron chi connectivity index (χ4n) is 3.75. The highest BCUT2D eigenvalue weighted by Gasteiger charge is 2.33. The molecule has 8 heteroatoms. The quantitative estimate of drug-likeness (QED) is 0.631. The van der Waals surface area contributed by atoms with Gasteiger partial charge < -0.3 is 14.5 Å². The molecule has 2 heterocycles. The van der Waals surface area contributed by atoms with Crippen LogP contribution in [0.3, 0.4) is 0 Å². The summed E-state index contributed by atoms with van der Waals surface area (Å²) in [4.78, 5) is 21.2. The summed E-state index contributed by atoms with van der Waals surface area (Å²) in [6.07, 6.45) is 2.24. The van der Waals surface area contributed by atoms with Gasteiger partial charge in [-0.1, -0.05) is 18.2 Å². The van der Waals surface area contributed by atoms with Crippen LogP contribution in [0, 0.1) is 5.82 Å². The van der Waals surface area contributed by atoms with Gasteiger partial charge in [0.2, 0.25) is 0 Å². The lowest BCUT2D eigenvalue weighted by atomic mass is 10.1. The average molecular weight is 423 g/mol. The summed E-state index contributed by atoms with van der Waals surface area (Å²) in [5.74, 6) is 1.62. The molecule has 7 nitrogen and oxygen atoms in total. The summed E-state index contributed by atoms with van der Waals surface area (Å²) < 4.78 is 18.8. The fourth-order valence-corrected chi connectivity index (χ4v) is 3.75. The Balaban J connectivity index is 1.38. The highest BCUT2D eigenvalue weighted by Crippen LogP contribution is 2.30. The lowest BCUT2D eigenvalue weighted by Gasteiger charge is -2.22. The molecule has 2 aromatic carbocycles. The molecule has 31 heavy (non-hydrogen) atoms. The summed E-state index contributed by atoms with van der Waals surface area (Å²) in [5.41, 5.74) is 1.95. The molecule has 1 N–H and O–H groups in total. The summed E-state index contributed by atoms with van der Waals surface area (Å²) in [6, 6.07) is 13.8. The highest BCUT2D eigenvalue weighted by atomic mass is 19.1. The molecule has 1 atom stereocenters. The van der Waals surface area contributed by atoms with Crippen molar-refractivity contribution in [2.75, 3.05) is 32.1 Å². The second-order valence-electron chi connectivity index (χ2n) is 7.87. The van der Waals surface area contributed by atoms with Crippen molar-refractivity contribution in [3.05, 3.63) is 71.6 Å². The van der Waals surface area contributed by atoms with Crippen molar-refractivity contribution < 1.29 is 13.9 Å². The van der Waals surface area contributed by atoms with Crippen LogP contribution in [0.1, 0.15) is 36.1 Å². The zero-order valence-electron chi connectivity index (χ0n) is 17.7. The van der Waals surface area contributed by atoms with Crippen molar-refractivity contribution in [2.24, 2.45) is 0 Å². The Morgan fingerprint density at radius 2 is 2.06 bits per heavy atom. The van der Waals surface area contributed by atoms with E-state index in [0.29, 0.717) is 30.4 Å². The molecule has 1 saturated heterocycles. The smallest absolute Gasteiger partial charge is 0.261 e. The van der Waals surface area contributed by atoms with Gasteiger partial charge in [-0.3, -0.25) is 9.89 Å². The van der Waals surface area contributed by atoms with E-state index in [-0.39, 0.29) is 24.4 Å². The number of rotatable bonds is 7. The van der Waals surface area contributed by atoms with Crippen LogP contribution in [0.5, 0.6) is 5.75 Å². The van der Waals surface area contributed by atoms with Gasteiger partial charge >= 0.3 is 0 Å². The molecular weight excluding hydrogens is 397 g/mol. The summed E-state index contributed by atoms with van der Waals surface area (Å²) in [6.45, 7) is 0.632. The number of aromatic amines is 1. The van der Waals surface area contributed by atoms with Gasteiger partial charge in [0.05, 0.1) is 6.04 Å². The van der Waals surface area contributed by atoms with Crippen LogP contribution in [0.4, 0.5) is 10.1 Å². The van der Waals surface area contributed by atoms with E-state index in [0.717, 1.165) is 24.1 Å². The minimum atomic E-state index is -0.266. The Bertz CT molecular complexity index is 1030. The second-order valence-corrected chi connectivity index (χ2v) is 7.87. The van der Waals surface area contributed by atoms with Crippen molar-refractivity contribution in [3.63, 3.8) is 0 Å². The van der Waals surface area contributed by atoms with Crippen molar-refractivity contribution in [1.29, 1.82) is 0 Å². The van der Waals surface area contributed by atoms with E-state index in [4.69, 9.17) is 4.74 Å². The van der Waals surface area contributed by atoms with Crippen LogP contribution in [0.2, 0.25) is 0 Å². The summed E-state index contributed by atoms with van der Waals surface area (Å²) in [5, 5.41) is 7.29. The molecule has 1 aliphatic heterocycles. The third-order valence-corrected chi connectivity index (χ3v) is 5.40. The number of carbonyl (C=O) groups is 1. The van der Waals surface area contributed by atoms with E-state index >= 15 is 0 Å². The molecule has 0 radical (unpaired) electrons. The van der Waals surface area contributed by atoms with Crippen LogP contribution in [0.25, 0.3) is 0 Å². The Hall–Kier alpha value is -3.42. The van der Waals surface area contributed by atoms with Crippen LogP contribution >= 0.6 is 0 Å². The van der Waals surface area contributed by atoms with E-state index in [2.05, 4.69) is 15.2 Å². The third kappa shape index (κ3) is 5.02. The predicted molar refractivity (Wildman–Crippen MR) is 116 cm³/mol. The summed E-state index contributed by atoms with van der Waals surface area (Å²) in [7, 11) is 3.92. The van der Waals surface area contributed by atoms with Crippen LogP contribution in [-0.2, 0) is 11.2 Å². The Labute approximate surface area is 180 Å². The summed E-state index contributed by atoms with van der Waals surface area (Å²) >= 11 is 0. The van der Waals surface area contributed by atoms with Gasteiger partial charge in [-0.15, -0.1) is 0 Å². The molecule has 3 aromatic rings. The number of hydrogen-bond donors (Lipinski definition) is 1. The number of nitrogens with zero attached hydrogens (tertiary/aromatic N) is 4. The van der Waals surface area contributed by atoms with E-state index in [1.807, 2.05) is 43.3 Å². The fraction of sp³-hybridized carbons (Fsp3) is 0.348. The van der Waals surface area contributed by atoms with Crippen molar-refractivity contribution >= 4 is 11.6 Å². The molecular formula is C23H26FN5O2. The van der Waals surface area contributed by atoms with E-state index in [9.17, 15) is 9.18 Å². The zero-order valence-corrected chi connectivity index (χ0v) is 17.7. The van der Waals surface area contributed by atoms with Crippen LogP contribution < -0.4 is 9.64 Å². The van der Waals surface area contributed by atoms with E-state index in [1.165, 1.54) is 12.1 Å². The number of likely N-dealkylation sites (tertiary alicyclic amines) is 1. The molecule has 1 fully saturated rings. The van der Waals surface area contributed by atoms with Gasteiger partial charge in [0.15, 0.2) is 12.4 Å². The maximum atomic E-state index is 13.1. The molecule has 1 aliphatic rings. The number of hydrogen-bond acceptors (Lipinski definition) is 5. The first-order valence-corrected chi connectivity index (χ1v) is 10.3. The minimum Gasteiger partial charge on any atom is -0.484 e. The number of nitrogens with one attached hydrogen (secondary N) is 1. The third-order valence-electron chi connectivity index (χ3n) is 5.40. The lowest BCUT2D eigenvalue weighted by molar-refractivity contribution is -0.134. The standard InChI is InChI=1S/C23H26FN5O2/c1-28(2)18-5-3-6-19(14-18)31-15-22(30)29-12-4-7-20(29)23-25-21(26-27-23)13-16-8-10-17(24)11-9-16/h3,5-6,8-11,14,20H,4,7,12-13,15H2,1-2H3,(H,25,26,27)/t20-/m1/s1. The molecule has 0 bridgehead atoms. The molecule has 0 spiro atoms. The van der Waals surface area contributed by atoms with Gasteiger partial charge in [0.25, 0.3) is 5.91 Å². The molecule has 1 amide bonds. The lowest BCUT2D eigenvalue weighted by Crippen LogP contribution is -2.35.